The molecule has 0 fully saturated rings. The van der Waals surface area contributed by atoms with Gasteiger partial charge in [-0.25, -0.2) is 22.5 Å². The maximum atomic E-state index is 14.0. The lowest BCUT2D eigenvalue weighted by Crippen LogP contribution is -2.00. The van der Waals surface area contributed by atoms with E-state index in [9.17, 15) is 17.6 Å². The van der Waals surface area contributed by atoms with Crippen molar-refractivity contribution in [2.24, 2.45) is 0 Å². The smallest absolute Gasteiger partial charge is 0.199 e. The van der Waals surface area contributed by atoms with E-state index >= 15 is 0 Å². The van der Waals surface area contributed by atoms with Crippen LogP contribution in [0.4, 0.5) is 17.6 Å². The Morgan fingerprint density at radius 1 is 0.680 bits per heavy atom. The molecule has 0 bridgehead atoms. The molecule has 0 aliphatic heterocycles. The summed E-state index contributed by atoms with van der Waals surface area (Å²) in [4.78, 5) is 3.91. The number of ether oxygens (including phenoxy) is 1. The van der Waals surface area contributed by atoms with Crippen LogP contribution < -0.4 is 4.74 Å². The van der Waals surface area contributed by atoms with E-state index in [0.29, 0.717) is 22.4 Å². The number of nitrogens with zero attached hydrogens (tertiary/aromatic N) is 1. The monoisotopic (exact) mass is 343 g/mol. The minimum atomic E-state index is -1.87. The van der Waals surface area contributed by atoms with Gasteiger partial charge in [0, 0.05) is 10.8 Å². The van der Waals surface area contributed by atoms with Gasteiger partial charge in [-0.05, 0) is 36.4 Å². The first-order valence-electron chi connectivity index (χ1n) is 7.34. The molecule has 0 atom stereocenters. The van der Waals surface area contributed by atoms with Gasteiger partial charge in [-0.15, -0.1) is 0 Å². The van der Waals surface area contributed by atoms with Crippen molar-refractivity contribution < 1.29 is 22.3 Å². The minimum absolute atomic E-state index is 0.303. The molecule has 6 heteroatoms. The van der Waals surface area contributed by atoms with Crippen molar-refractivity contribution >= 4 is 21.8 Å². The van der Waals surface area contributed by atoms with Crippen LogP contribution in [0.2, 0.25) is 0 Å². The number of fused-ring (bicyclic) bond motifs is 2. The molecule has 124 valence electrons. The zero-order chi connectivity index (χ0) is 17.6. The van der Waals surface area contributed by atoms with E-state index in [1.807, 2.05) is 6.07 Å². The second-order valence-corrected chi connectivity index (χ2v) is 5.41. The molecule has 4 aromatic rings. The van der Waals surface area contributed by atoms with E-state index in [2.05, 4.69) is 4.98 Å². The van der Waals surface area contributed by atoms with Crippen LogP contribution in [-0.2, 0) is 0 Å². The van der Waals surface area contributed by atoms with Crippen LogP contribution in [0.1, 0.15) is 0 Å². The van der Waals surface area contributed by atoms with Crippen molar-refractivity contribution in [3.8, 4) is 11.5 Å². The van der Waals surface area contributed by atoms with Crippen LogP contribution in [0.25, 0.3) is 21.8 Å². The summed E-state index contributed by atoms with van der Waals surface area (Å²) in [6, 6.07) is 14.9. The highest BCUT2D eigenvalue weighted by molar-refractivity contribution is 5.94. The zero-order valence-corrected chi connectivity index (χ0v) is 12.6. The van der Waals surface area contributed by atoms with Crippen molar-refractivity contribution in [2.45, 2.75) is 0 Å². The van der Waals surface area contributed by atoms with E-state index in [1.54, 1.807) is 36.4 Å². The van der Waals surface area contributed by atoms with E-state index in [4.69, 9.17) is 4.74 Å². The second-order valence-electron chi connectivity index (χ2n) is 5.41. The SMILES string of the molecule is Fc1c(F)c(F)c2nc3ccc(Oc4ccccc4)cc3cc2c1F. The van der Waals surface area contributed by atoms with E-state index in [-0.39, 0.29) is 0 Å². The van der Waals surface area contributed by atoms with Crippen LogP contribution in [0.5, 0.6) is 11.5 Å². The largest absolute Gasteiger partial charge is 0.457 e. The van der Waals surface area contributed by atoms with Crippen molar-refractivity contribution in [3.05, 3.63) is 77.9 Å². The number of hydrogen-bond donors (Lipinski definition) is 0. The molecule has 0 saturated heterocycles. The highest BCUT2D eigenvalue weighted by Gasteiger charge is 2.21. The lowest BCUT2D eigenvalue weighted by atomic mass is 10.1. The van der Waals surface area contributed by atoms with E-state index < -0.39 is 34.2 Å². The van der Waals surface area contributed by atoms with Gasteiger partial charge in [-0.1, -0.05) is 18.2 Å². The van der Waals surface area contributed by atoms with Gasteiger partial charge in [0.15, 0.2) is 23.3 Å². The van der Waals surface area contributed by atoms with Gasteiger partial charge in [0.05, 0.1) is 5.52 Å². The summed E-state index contributed by atoms with van der Waals surface area (Å²) in [5.41, 5.74) is -0.252. The Hall–Kier alpha value is -3.15. The van der Waals surface area contributed by atoms with Gasteiger partial charge in [-0.3, -0.25) is 0 Å². The summed E-state index contributed by atoms with van der Waals surface area (Å²) in [7, 11) is 0. The first-order chi connectivity index (χ1) is 12.0. The molecule has 1 heterocycles. The van der Waals surface area contributed by atoms with Crippen molar-refractivity contribution in [3.63, 3.8) is 0 Å². The van der Waals surface area contributed by atoms with Crippen LogP contribution in [-0.4, -0.2) is 4.98 Å². The first-order valence-corrected chi connectivity index (χ1v) is 7.34. The molecule has 0 unspecified atom stereocenters. The van der Waals surface area contributed by atoms with Gasteiger partial charge in [0.2, 0.25) is 0 Å². The Morgan fingerprint density at radius 3 is 2.16 bits per heavy atom. The van der Waals surface area contributed by atoms with Gasteiger partial charge in [-0.2, -0.15) is 0 Å². The lowest BCUT2D eigenvalue weighted by molar-refractivity contribution is 0.417. The first kappa shape index (κ1) is 15.4. The third-order valence-corrected chi connectivity index (χ3v) is 3.79. The normalized spacial score (nSPS) is 11.2. The predicted molar refractivity (Wildman–Crippen MR) is 85.6 cm³/mol. The molecule has 0 saturated carbocycles. The molecular weight excluding hydrogens is 334 g/mol. The standard InChI is InChI=1S/C19H9F4NO/c20-15-13-9-10-8-12(25-11-4-2-1-3-5-11)6-7-14(10)24-19(13)18(23)17(22)16(15)21/h1-9H. The number of hydrogen-bond acceptors (Lipinski definition) is 2. The fourth-order valence-electron chi connectivity index (χ4n) is 2.59. The summed E-state index contributed by atoms with van der Waals surface area (Å²) >= 11 is 0. The molecule has 3 aromatic carbocycles. The molecule has 0 N–H and O–H groups in total. The summed E-state index contributed by atoms with van der Waals surface area (Å²) in [5.74, 6) is -5.67. The average molecular weight is 343 g/mol. The van der Waals surface area contributed by atoms with Gasteiger partial charge < -0.3 is 4.74 Å². The third kappa shape index (κ3) is 2.55. The summed E-state index contributed by atoms with van der Waals surface area (Å²) in [6.45, 7) is 0. The number of pyridine rings is 1. The molecular formula is C19H9F4NO. The van der Waals surface area contributed by atoms with Crippen LogP contribution in [0.15, 0.2) is 54.6 Å². The Kier molecular flexibility index (Phi) is 3.53. The van der Waals surface area contributed by atoms with Gasteiger partial charge in [0.1, 0.15) is 17.0 Å². The van der Waals surface area contributed by atoms with E-state index in [0.717, 1.165) is 0 Å². The highest BCUT2D eigenvalue weighted by atomic mass is 19.2. The molecule has 2 nitrogen and oxygen atoms in total. The molecule has 25 heavy (non-hydrogen) atoms. The minimum Gasteiger partial charge on any atom is -0.457 e. The van der Waals surface area contributed by atoms with Crippen molar-refractivity contribution in [1.29, 1.82) is 0 Å². The fourth-order valence-corrected chi connectivity index (χ4v) is 2.59. The molecule has 0 aliphatic rings. The van der Waals surface area contributed by atoms with Crippen LogP contribution >= 0.6 is 0 Å². The topological polar surface area (TPSA) is 22.1 Å². The van der Waals surface area contributed by atoms with Crippen LogP contribution in [0.3, 0.4) is 0 Å². The van der Waals surface area contributed by atoms with E-state index in [1.165, 1.54) is 12.1 Å². The van der Waals surface area contributed by atoms with Gasteiger partial charge in [0.25, 0.3) is 0 Å². The molecule has 0 spiro atoms. The maximum Gasteiger partial charge on any atom is 0.199 e. The molecule has 0 radical (unpaired) electrons. The Balaban J connectivity index is 1.89. The average Bonchev–Trinajstić information content (AvgIpc) is 2.64. The van der Waals surface area contributed by atoms with Gasteiger partial charge >= 0.3 is 0 Å². The quantitative estimate of drug-likeness (QED) is 0.200. The highest BCUT2D eigenvalue weighted by Crippen LogP contribution is 2.31. The number of benzene rings is 3. The maximum absolute atomic E-state index is 14.0. The summed E-state index contributed by atoms with van der Waals surface area (Å²) < 4.78 is 60.3. The third-order valence-electron chi connectivity index (χ3n) is 3.79. The zero-order valence-electron chi connectivity index (χ0n) is 12.6. The Morgan fingerprint density at radius 2 is 1.40 bits per heavy atom. The molecule has 4 rings (SSSR count). The number of rotatable bonds is 2. The summed E-state index contributed by atoms with van der Waals surface area (Å²) in [5, 5.41) is -0.0222. The summed E-state index contributed by atoms with van der Waals surface area (Å²) in [6.07, 6.45) is 0. The lowest BCUT2D eigenvalue weighted by Gasteiger charge is -2.09. The van der Waals surface area contributed by atoms with Crippen LogP contribution in [0, 0.1) is 23.3 Å². The Labute approximate surface area is 139 Å². The Bertz CT molecular complexity index is 1110. The number of aromatic nitrogens is 1. The molecule has 0 aliphatic carbocycles. The van der Waals surface area contributed by atoms with Crippen molar-refractivity contribution in [1.82, 2.24) is 4.98 Å². The number of para-hydroxylation sites is 1. The molecule has 1 aromatic heterocycles. The predicted octanol–water partition coefficient (Wildman–Crippen LogP) is 5.74. The van der Waals surface area contributed by atoms with Crippen molar-refractivity contribution in [2.75, 3.05) is 0 Å². The number of halogens is 4. The molecule has 0 amide bonds. The second kappa shape index (κ2) is 5.73. The fraction of sp³-hybridized carbons (Fsp3) is 0.